The number of hydrogen-bond acceptors (Lipinski definition) is 6. The van der Waals surface area contributed by atoms with Gasteiger partial charge in [0.05, 0.1) is 29.0 Å². The third-order valence-electron chi connectivity index (χ3n) is 3.23. The lowest BCUT2D eigenvalue weighted by atomic mass is 10.2. The molecule has 0 N–H and O–H groups in total. The van der Waals surface area contributed by atoms with E-state index >= 15 is 0 Å². The highest BCUT2D eigenvalue weighted by Gasteiger charge is 2.25. The minimum Gasteiger partial charge on any atom is -0.269 e. The average Bonchev–Trinajstić information content (AvgIpc) is 3.02. The van der Waals surface area contributed by atoms with E-state index in [9.17, 15) is 8.42 Å². The molecule has 0 aliphatic carbocycles. The summed E-state index contributed by atoms with van der Waals surface area (Å²) in [5.74, 6) is 0. The van der Waals surface area contributed by atoms with Gasteiger partial charge in [0.2, 0.25) is 0 Å². The van der Waals surface area contributed by atoms with Crippen LogP contribution in [-0.4, -0.2) is 24.2 Å². The molecule has 0 aliphatic rings. The second-order valence-corrected chi connectivity index (χ2v) is 6.99. The molecule has 8 heteroatoms. The summed E-state index contributed by atoms with van der Waals surface area (Å²) in [5.41, 5.74) is 1.72. The summed E-state index contributed by atoms with van der Waals surface area (Å²) in [6.45, 7) is 0. The number of hydrogen-bond donors (Lipinski definition) is 0. The van der Waals surface area contributed by atoms with E-state index in [1.807, 2.05) is 6.07 Å². The Bertz CT molecular complexity index is 989. The van der Waals surface area contributed by atoms with Crippen LogP contribution in [-0.2, 0) is 10.0 Å². The van der Waals surface area contributed by atoms with Gasteiger partial charge in [-0.25, -0.2) is 8.42 Å². The summed E-state index contributed by atoms with van der Waals surface area (Å²) in [6.07, 6.45) is 0. The number of nitriles is 1. The molecule has 0 radical (unpaired) electrons. The highest BCUT2D eigenvalue weighted by Crippen LogP contribution is 2.27. The molecule has 1 heterocycles. The van der Waals surface area contributed by atoms with Gasteiger partial charge >= 0.3 is 0 Å². The summed E-state index contributed by atoms with van der Waals surface area (Å²) < 4.78 is 34.9. The molecule has 0 saturated carbocycles. The Morgan fingerprint density at radius 3 is 2.73 bits per heavy atom. The molecular formula is C14H10N4O2S2. The number of rotatable bonds is 3. The smallest absolute Gasteiger partial charge is 0.266 e. The molecular weight excluding hydrogens is 320 g/mol. The predicted molar refractivity (Wildman–Crippen MR) is 84.2 cm³/mol. The molecule has 3 rings (SSSR count). The van der Waals surface area contributed by atoms with Crippen molar-refractivity contribution >= 4 is 38.5 Å². The summed E-state index contributed by atoms with van der Waals surface area (Å²) in [5, 5.41) is 8.94. The van der Waals surface area contributed by atoms with Crippen molar-refractivity contribution in [3.63, 3.8) is 0 Å². The summed E-state index contributed by atoms with van der Waals surface area (Å²) in [6, 6.07) is 13.3. The van der Waals surface area contributed by atoms with Crippen LogP contribution in [0.15, 0.2) is 47.4 Å². The Morgan fingerprint density at radius 2 is 1.95 bits per heavy atom. The number of nitrogens with zero attached hydrogens (tertiary/aromatic N) is 4. The van der Waals surface area contributed by atoms with E-state index in [0.717, 1.165) is 16.0 Å². The van der Waals surface area contributed by atoms with E-state index in [1.54, 1.807) is 30.3 Å². The van der Waals surface area contributed by atoms with Crippen LogP contribution >= 0.6 is 11.7 Å². The largest absolute Gasteiger partial charge is 0.269 e. The van der Waals surface area contributed by atoms with Gasteiger partial charge in [0.25, 0.3) is 10.0 Å². The number of benzene rings is 2. The summed E-state index contributed by atoms with van der Waals surface area (Å²) >= 11 is 0.971. The molecule has 22 heavy (non-hydrogen) atoms. The maximum absolute atomic E-state index is 12.8. The van der Waals surface area contributed by atoms with Crippen LogP contribution in [0.1, 0.15) is 5.56 Å². The van der Waals surface area contributed by atoms with Crippen molar-refractivity contribution in [2.45, 2.75) is 4.90 Å². The Morgan fingerprint density at radius 1 is 1.18 bits per heavy atom. The number of aromatic nitrogens is 2. The fourth-order valence-electron chi connectivity index (χ4n) is 2.05. The Labute approximate surface area is 131 Å². The third-order valence-corrected chi connectivity index (χ3v) is 5.59. The van der Waals surface area contributed by atoms with Gasteiger partial charge in [0.15, 0.2) is 0 Å². The summed E-state index contributed by atoms with van der Waals surface area (Å²) in [4.78, 5) is 0.101. The van der Waals surface area contributed by atoms with Crippen molar-refractivity contribution in [1.29, 1.82) is 5.26 Å². The standard InChI is InChI=1S/C14H10N4O2S2/c1-18(11-5-2-4-10(8-11)9-15)22(19,20)13-7-3-6-12-14(13)17-21-16-12/h2-8H,1H3. The molecule has 0 unspecified atom stereocenters. The normalized spacial score (nSPS) is 11.3. The van der Waals surface area contributed by atoms with Gasteiger partial charge in [-0.1, -0.05) is 12.1 Å². The highest BCUT2D eigenvalue weighted by molar-refractivity contribution is 7.93. The maximum atomic E-state index is 12.8. The Hall–Kier alpha value is -2.50. The second kappa shape index (κ2) is 5.36. The first-order chi connectivity index (χ1) is 10.5. The zero-order valence-corrected chi connectivity index (χ0v) is 13.1. The second-order valence-electron chi connectivity index (χ2n) is 4.52. The van der Waals surface area contributed by atoms with Crippen molar-refractivity contribution in [1.82, 2.24) is 8.75 Å². The molecule has 6 nitrogen and oxygen atoms in total. The molecule has 0 spiro atoms. The molecule has 0 saturated heterocycles. The van der Waals surface area contributed by atoms with Gasteiger partial charge in [-0.3, -0.25) is 4.31 Å². The van der Waals surface area contributed by atoms with Crippen LogP contribution in [0.5, 0.6) is 0 Å². The van der Waals surface area contributed by atoms with Crippen LogP contribution < -0.4 is 4.31 Å². The minimum atomic E-state index is -3.79. The molecule has 0 amide bonds. The molecule has 3 aromatic rings. The average molecular weight is 330 g/mol. The Kier molecular flexibility index (Phi) is 3.52. The minimum absolute atomic E-state index is 0.101. The topological polar surface area (TPSA) is 87.0 Å². The molecule has 2 aromatic carbocycles. The molecule has 1 aromatic heterocycles. The van der Waals surface area contributed by atoms with Gasteiger partial charge in [-0.05, 0) is 30.3 Å². The SMILES string of the molecule is CN(c1cccc(C#N)c1)S(=O)(=O)c1cccc2nsnc12. The van der Waals surface area contributed by atoms with Crippen molar-refractivity contribution < 1.29 is 8.42 Å². The highest BCUT2D eigenvalue weighted by atomic mass is 32.2. The fourth-order valence-corrected chi connectivity index (χ4v) is 3.99. The van der Waals surface area contributed by atoms with E-state index in [4.69, 9.17) is 5.26 Å². The fraction of sp³-hybridized carbons (Fsp3) is 0.0714. The van der Waals surface area contributed by atoms with Crippen LogP contribution in [0.25, 0.3) is 11.0 Å². The van der Waals surface area contributed by atoms with Crippen LogP contribution in [0.3, 0.4) is 0 Å². The first kappa shape index (κ1) is 14.4. The first-order valence-corrected chi connectivity index (χ1v) is 8.41. The molecule has 0 atom stereocenters. The lowest BCUT2D eigenvalue weighted by Crippen LogP contribution is -2.26. The van der Waals surface area contributed by atoms with Gasteiger partial charge in [-0.15, -0.1) is 0 Å². The van der Waals surface area contributed by atoms with Crippen molar-refractivity contribution in [3.8, 4) is 6.07 Å². The van der Waals surface area contributed by atoms with E-state index in [-0.39, 0.29) is 4.90 Å². The number of fused-ring (bicyclic) bond motifs is 1. The molecule has 110 valence electrons. The summed E-state index contributed by atoms with van der Waals surface area (Å²) in [7, 11) is -2.34. The van der Waals surface area contributed by atoms with Crippen LogP contribution in [0, 0.1) is 11.3 Å². The molecule has 0 fully saturated rings. The van der Waals surface area contributed by atoms with Crippen LogP contribution in [0.2, 0.25) is 0 Å². The third kappa shape index (κ3) is 2.30. The van der Waals surface area contributed by atoms with Crippen molar-refractivity contribution in [2.24, 2.45) is 0 Å². The zero-order chi connectivity index (χ0) is 15.7. The van der Waals surface area contributed by atoms with Crippen molar-refractivity contribution in [3.05, 3.63) is 48.0 Å². The molecule has 0 aliphatic heterocycles. The predicted octanol–water partition coefficient (Wildman–Crippen LogP) is 2.39. The first-order valence-electron chi connectivity index (χ1n) is 6.24. The van der Waals surface area contributed by atoms with Gasteiger partial charge in [0.1, 0.15) is 15.9 Å². The lowest BCUT2D eigenvalue weighted by molar-refractivity contribution is 0.595. The number of anilines is 1. The zero-order valence-electron chi connectivity index (χ0n) is 11.5. The lowest BCUT2D eigenvalue weighted by Gasteiger charge is -2.19. The monoisotopic (exact) mass is 330 g/mol. The van der Waals surface area contributed by atoms with Gasteiger partial charge in [0, 0.05) is 7.05 Å². The van der Waals surface area contributed by atoms with Crippen LogP contribution in [0.4, 0.5) is 5.69 Å². The van der Waals surface area contributed by atoms with E-state index in [1.165, 1.54) is 19.2 Å². The molecule has 0 bridgehead atoms. The van der Waals surface area contributed by atoms with Gasteiger partial charge < -0.3 is 0 Å². The van der Waals surface area contributed by atoms with E-state index in [2.05, 4.69) is 8.75 Å². The quantitative estimate of drug-likeness (QED) is 0.736. The van der Waals surface area contributed by atoms with E-state index in [0.29, 0.717) is 22.3 Å². The number of sulfonamides is 1. The van der Waals surface area contributed by atoms with E-state index < -0.39 is 10.0 Å². The van der Waals surface area contributed by atoms with Crippen molar-refractivity contribution in [2.75, 3.05) is 11.4 Å². The Balaban J connectivity index is 2.13. The van der Waals surface area contributed by atoms with Gasteiger partial charge in [-0.2, -0.15) is 14.0 Å². The maximum Gasteiger partial charge on any atom is 0.266 e.